The molecule has 0 heterocycles. The first kappa shape index (κ1) is 15.3. The van der Waals surface area contributed by atoms with Crippen LogP contribution in [0.4, 0.5) is 0 Å². The maximum Gasteiger partial charge on any atom is 0.332 e. The van der Waals surface area contributed by atoms with Crippen molar-refractivity contribution in [3.05, 3.63) is 0 Å². The lowest BCUT2D eigenvalue weighted by atomic mass is 10.2. The Kier molecular flexibility index (Phi) is 8.15. The number of carbonyl (C=O) groups is 1. The third-order valence-electron chi connectivity index (χ3n) is 1.46. The van der Waals surface area contributed by atoms with Crippen LogP contribution in [-0.2, 0) is 19.0 Å². The van der Waals surface area contributed by atoms with Gasteiger partial charge in [-0.05, 0) is 27.2 Å². The zero-order valence-corrected chi connectivity index (χ0v) is 10.3. The minimum absolute atomic E-state index is 0.0549. The van der Waals surface area contributed by atoms with Crippen LogP contribution in [-0.4, -0.2) is 49.7 Å². The van der Waals surface area contributed by atoms with E-state index in [0.717, 1.165) is 0 Å². The van der Waals surface area contributed by atoms with Gasteiger partial charge in [0, 0.05) is 13.2 Å². The molecule has 0 aromatic rings. The molecule has 5 nitrogen and oxygen atoms in total. The van der Waals surface area contributed by atoms with E-state index in [2.05, 4.69) is 0 Å². The Balaban J connectivity index is 3.28. The van der Waals surface area contributed by atoms with Crippen LogP contribution in [0.25, 0.3) is 0 Å². The molecule has 0 rings (SSSR count). The second-order valence-corrected chi connectivity index (χ2v) is 4.33. The first-order valence-corrected chi connectivity index (χ1v) is 5.44. The minimum Gasteiger partial charge on any atom is -0.458 e. The van der Waals surface area contributed by atoms with E-state index in [0.29, 0.717) is 26.2 Å². The molecule has 0 saturated carbocycles. The topological polar surface area (TPSA) is 65.0 Å². The fourth-order valence-electron chi connectivity index (χ4n) is 0.913. The standard InChI is InChI=1S/C11H22O5/c1-11(2,3)16-10(13)9-15-8-7-14-6-4-5-12/h12H,4-9H2,1-3H3. The van der Waals surface area contributed by atoms with Crippen LogP contribution in [0.5, 0.6) is 0 Å². The van der Waals surface area contributed by atoms with E-state index in [1.165, 1.54) is 0 Å². The molecule has 0 spiro atoms. The van der Waals surface area contributed by atoms with Gasteiger partial charge in [0.05, 0.1) is 13.2 Å². The highest BCUT2D eigenvalue weighted by molar-refractivity contribution is 5.71. The highest BCUT2D eigenvalue weighted by atomic mass is 16.6. The van der Waals surface area contributed by atoms with E-state index in [1.54, 1.807) is 0 Å². The molecule has 0 radical (unpaired) electrons. The Hall–Kier alpha value is -0.650. The highest BCUT2D eigenvalue weighted by Gasteiger charge is 2.15. The molecule has 0 aliphatic carbocycles. The Bertz CT molecular complexity index is 185. The van der Waals surface area contributed by atoms with Crippen molar-refractivity contribution in [1.29, 1.82) is 0 Å². The van der Waals surface area contributed by atoms with E-state index in [-0.39, 0.29) is 19.2 Å². The van der Waals surface area contributed by atoms with Crippen LogP contribution in [0.3, 0.4) is 0 Å². The molecule has 1 N–H and O–H groups in total. The van der Waals surface area contributed by atoms with Gasteiger partial charge in [0.1, 0.15) is 12.2 Å². The molecule has 0 fully saturated rings. The number of ether oxygens (including phenoxy) is 3. The minimum atomic E-state index is -0.474. The highest BCUT2D eigenvalue weighted by Crippen LogP contribution is 2.06. The summed E-state index contributed by atoms with van der Waals surface area (Å²) in [6.07, 6.45) is 0.617. The summed E-state index contributed by atoms with van der Waals surface area (Å²) in [7, 11) is 0. The Morgan fingerprint density at radius 2 is 1.75 bits per heavy atom. The Morgan fingerprint density at radius 1 is 1.12 bits per heavy atom. The summed E-state index contributed by atoms with van der Waals surface area (Å²) in [6.45, 7) is 6.77. The van der Waals surface area contributed by atoms with Crippen molar-refractivity contribution >= 4 is 5.97 Å². The predicted octanol–water partition coefficient (Wildman–Crippen LogP) is 0.744. The molecule has 0 atom stereocenters. The SMILES string of the molecule is CC(C)(C)OC(=O)COCCOCCCO. The zero-order chi connectivity index (χ0) is 12.4. The number of rotatable bonds is 8. The molecular weight excluding hydrogens is 212 g/mol. The number of aliphatic hydroxyl groups is 1. The fraction of sp³-hybridized carbons (Fsp3) is 0.909. The van der Waals surface area contributed by atoms with Gasteiger partial charge >= 0.3 is 5.97 Å². The van der Waals surface area contributed by atoms with Gasteiger partial charge in [-0.2, -0.15) is 0 Å². The number of hydrogen-bond donors (Lipinski definition) is 1. The van der Waals surface area contributed by atoms with Crippen LogP contribution in [0.15, 0.2) is 0 Å². The van der Waals surface area contributed by atoms with Crippen molar-refractivity contribution in [1.82, 2.24) is 0 Å². The Morgan fingerprint density at radius 3 is 2.31 bits per heavy atom. The van der Waals surface area contributed by atoms with Crippen molar-refractivity contribution < 1.29 is 24.1 Å². The summed E-state index contributed by atoms with van der Waals surface area (Å²) in [5.41, 5.74) is -0.474. The maximum atomic E-state index is 11.2. The maximum absolute atomic E-state index is 11.2. The van der Waals surface area contributed by atoms with Crippen LogP contribution in [0, 0.1) is 0 Å². The normalized spacial score (nSPS) is 11.5. The molecule has 5 heteroatoms. The molecular formula is C11H22O5. The summed E-state index contributed by atoms with van der Waals surface area (Å²) in [5.74, 6) is -0.372. The lowest BCUT2D eigenvalue weighted by molar-refractivity contribution is -0.160. The van der Waals surface area contributed by atoms with Crippen LogP contribution in [0.1, 0.15) is 27.2 Å². The molecule has 0 aliphatic rings. The summed E-state index contributed by atoms with van der Waals surface area (Å²) in [4.78, 5) is 11.2. The van der Waals surface area contributed by atoms with E-state index < -0.39 is 5.60 Å². The number of aliphatic hydroxyl groups excluding tert-OH is 1. The van der Waals surface area contributed by atoms with E-state index in [1.807, 2.05) is 20.8 Å². The summed E-state index contributed by atoms with van der Waals surface area (Å²) < 4.78 is 15.2. The average molecular weight is 234 g/mol. The van der Waals surface area contributed by atoms with Crippen molar-refractivity contribution in [2.45, 2.75) is 32.8 Å². The van der Waals surface area contributed by atoms with Crippen LogP contribution in [0.2, 0.25) is 0 Å². The lowest BCUT2D eigenvalue weighted by Gasteiger charge is -2.19. The summed E-state index contributed by atoms with van der Waals surface area (Å²) in [6, 6.07) is 0. The lowest BCUT2D eigenvalue weighted by Crippen LogP contribution is -2.27. The largest absolute Gasteiger partial charge is 0.458 e. The first-order valence-electron chi connectivity index (χ1n) is 5.44. The van der Waals surface area contributed by atoms with E-state index >= 15 is 0 Å². The molecule has 0 saturated heterocycles. The van der Waals surface area contributed by atoms with Gasteiger partial charge < -0.3 is 19.3 Å². The van der Waals surface area contributed by atoms with E-state index in [9.17, 15) is 4.79 Å². The molecule has 0 amide bonds. The molecule has 16 heavy (non-hydrogen) atoms. The van der Waals surface area contributed by atoms with Crippen molar-refractivity contribution in [2.24, 2.45) is 0 Å². The van der Waals surface area contributed by atoms with Gasteiger partial charge in [0.15, 0.2) is 0 Å². The second kappa shape index (κ2) is 8.50. The fourth-order valence-corrected chi connectivity index (χ4v) is 0.913. The van der Waals surface area contributed by atoms with E-state index in [4.69, 9.17) is 19.3 Å². The third kappa shape index (κ3) is 11.4. The number of hydrogen-bond acceptors (Lipinski definition) is 5. The number of carbonyl (C=O) groups excluding carboxylic acids is 1. The van der Waals surface area contributed by atoms with Crippen molar-refractivity contribution in [3.63, 3.8) is 0 Å². The molecule has 96 valence electrons. The molecule has 0 unspecified atom stereocenters. The smallest absolute Gasteiger partial charge is 0.332 e. The zero-order valence-electron chi connectivity index (χ0n) is 10.3. The second-order valence-electron chi connectivity index (χ2n) is 4.33. The van der Waals surface area contributed by atoms with Gasteiger partial charge in [-0.3, -0.25) is 0 Å². The van der Waals surface area contributed by atoms with Gasteiger partial charge in [0.25, 0.3) is 0 Å². The van der Waals surface area contributed by atoms with Gasteiger partial charge in [-0.15, -0.1) is 0 Å². The Labute approximate surface area is 96.7 Å². The average Bonchev–Trinajstić information content (AvgIpc) is 2.13. The number of esters is 1. The molecule has 0 bridgehead atoms. The van der Waals surface area contributed by atoms with Gasteiger partial charge in [-0.25, -0.2) is 4.79 Å². The van der Waals surface area contributed by atoms with Gasteiger partial charge in [-0.1, -0.05) is 0 Å². The van der Waals surface area contributed by atoms with Crippen LogP contribution >= 0.6 is 0 Å². The monoisotopic (exact) mass is 234 g/mol. The predicted molar refractivity (Wildman–Crippen MR) is 59.2 cm³/mol. The summed E-state index contributed by atoms with van der Waals surface area (Å²) >= 11 is 0. The van der Waals surface area contributed by atoms with Gasteiger partial charge in [0.2, 0.25) is 0 Å². The molecule has 0 aliphatic heterocycles. The first-order chi connectivity index (χ1) is 7.45. The van der Waals surface area contributed by atoms with Crippen molar-refractivity contribution in [3.8, 4) is 0 Å². The molecule has 0 aromatic heterocycles. The molecule has 0 aromatic carbocycles. The van der Waals surface area contributed by atoms with Crippen LogP contribution < -0.4 is 0 Å². The summed E-state index contributed by atoms with van der Waals surface area (Å²) in [5, 5.41) is 8.48. The van der Waals surface area contributed by atoms with Crippen molar-refractivity contribution in [2.75, 3.05) is 33.0 Å². The quantitative estimate of drug-likeness (QED) is 0.496. The third-order valence-corrected chi connectivity index (χ3v) is 1.46.